The van der Waals surface area contributed by atoms with Gasteiger partial charge >= 0.3 is 6.18 Å². The topological polar surface area (TPSA) is 78.8 Å². The van der Waals surface area contributed by atoms with E-state index in [0.29, 0.717) is 16.3 Å². The van der Waals surface area contributed by atoms with Crippen LogP contribution in [0.3, 0.4) is 0 Å². The molecule has 0 heterocycles. The van der Waals surface area contributed by atoms with E-state index in [1.165, 1.54) is 42.5 Å². The summed E-state index contributed by atoms with van der Waals surface area (Å²) in [6.45, 7) is -0.00699. The molecule has 0 spiro atoms. The molecule has 0 unspecified atom stereocenters. The molecule has 0 aliphatic carbocycles. The Morgan fingerprint density at radius 3 is 2.26 bits per heavy atom. The van der Waals surface area contributed by atoms with E-state index in [9.17, 15) is 26.4 Å². The third-order valence-corrected chi connectivity index (χ3v) is 6.23. The normalized spacial score (nSPS) is 12.0. The number of carbonyl (C=O) groups excluding carboxylic acids is 1. The first-order valence-electron chi connectivity index (χ1n) is 9.77. The maximum absolute atomic E-state index is 13.0. The number of hydrazone groups is 1. The van der Waals surface area contributed by atoms with E-state index in [1.54, 1.807) is 24.3 Å². The molecule has 34 heavy (non-hydrogen) atoms. The van der Waals surface area contributed by atoms with E-state index in [0.717, 1.165) is 22.8 Å². The highest BCUT2D eigenvalue weighted by atomic mass is 35.5. The van der Waals surface area contributed by atoms with Gasteiger partial charge in [0.15, 0.2) is 0 Å². The summed E-state index contributed by atoms with van der Waals surface area (Å²) in [7, 11) is -3.67. The molecule has 0 radical (unpaired) electrons. The molecule has 1 N–H and O–H groups in total. The zero-order valence-corrected chi connectivity index (χ0v) is 19.3. The summed E-state index contributed by atoms with van der Waals surface area (Å²) in [6.07, 6.45) is -2.60. The van der Waals surface area contributed by atoms with Gasteiger partial charge in [0.05, 0.1) is 30.3 Å². The number of nitrogens with zero attached hydrogens (tertiary/aromatic N) is 2. The van der Waals surface area contributed by atoms with Crippen molar-refractivity contribution in [2.45, 2.75) is 12.7 Å². The Labute approximate surface area is 199 Å². The van der Waals surface area contributed by atoms with Crippen molar-refractivity contribution in [1.82, 2.24) is 5.43 Å². The molecule has 3 aromatic carbocycles. The van der Waals surface area contributed by atoms with E-state index in [-0.39, 0.29) is 17.7 Å². The van der Waals surface area contributed by atoms with Gasteiger partial charge in [-0.15, -0.1) is 0 Å². The monoisotopic (exact) mass is 509 g/mol. The predicted octanol–water partition coefficient (Wildman–Crippen LogP) is 5.09. The fraction of sp³-hybridized carbons (Fsp3) is 0.130. The molecule has 11 heteroatoms. The van der Waals surface area contributed by atoms with Gasteiger partial charge in [-0.3, -0.25) is 9.10 Å². The lowest BCUT2D eigenvalue weighted by atomic mass is 10.1. The first-order valence-corrected chi connectivity index (χ1v) is 12.0. The Hall–Kier alpha value is -3.37. The Kier molecular flexibility index (Phi) is 7.63. The summed E-state index contributed by atoms with van der Waals surface area (Å²) in [4.78, 5) is 12.3. The van der Waals surface area contributed by atoms with Gasteiger partial charge in [0, 0.05) is 16.1 Å². The Balaban J connectivity index is 1.75. The van der Waals surface area contributed by atoms with E-state index in [1.807, 2.05) is 0 Å². The van der Waals surface area contributed by atoms with Crippen LogP contribution < -0.4 is 9.73 Å². The summed E-state index contributed by atoms with van der Waals surface area (Å²) in [5.41, 5.74) is 2.13. The molecule has 0 saturated heterocycles. The Bertz CT molecular complexity index is 1310. The van der Waals surface area contributed by atoms with Crippen LogP contribution in [0.15, 0.2) is 77.9 Å². The highest BCUT2D eigenvalue weighted by molar-refractivity contribution is 7.92. The summed E-state index contributed by atoms with van der Waals surface area (Å²) < 4.78 is 65.0. The van der Waals surface area contributed by atoms with E-state index >= 15 is 0 Å². The molecule has 178 valence electrons. The van der Waals surface area contributed by atoms with Crippen LogP contribution in [0.1, 0.15) is 27.0 Å². The number of rotatable bonds is 7. The van der Waals surface area contributed by atoms with Crippen LogP contribution in [0.25, 0.3) is 0 Å². The lowest BCUT2D eigenvalue weighted by Gasteiger charge is -2.23. The fourth-order valence-corrected chi connectivity index (χ4v) is 4.13. The third kappa shape index (κ3) is 6.36. The van der Waals surface area contributed by atoms with Gasteiger partial charge < -0.3 is 0 Å². The summed E-state index contributed by atoms with van der Waals surface area (Å²) in [5.74, 6) is -0.677. The lowest BCUT2D eigenvalue weighted by Crippen LogP contribution is -2.29. The summed E-state index contributed by atoms with van der Waals surface area (Å²) in [6, 6.07) is 17.3. The number of halogens is 4. The number of amides is 1. The number of benzene rings is 3. The molecule has 0 atom stereocenters. The second-order valence-corrected chi connectivity index (χ2v) is 9.51. The van der Waals surface area contributed by atoms with Crippen LogP contribution >= 0.6 is 11.6 Å². The number of alkyl halides is 3. The number of hydrogen-bond donors (Lipinski definition) is 1. The predicted molar refractivity (Wildman–Crippen MR) is 125 cm³/mol. The quantitative estimate of drug-likeness (QED) is 0.356. The SMILES string of the molecule is CS(=O)(=O)N(Cc1ccccc1Cl)c1ccc(C(=O)NN=Cc2ccccc2C(F)(F)F)cc1. The maximum atomic E-state index is 13.0. The number of nitrogens with one attached hydrogen (secondary N) is 1. The van der Waals surface area contributed by atoms with Crippen molar-refractivity contribution in [3.63, 3.8) is 0 Å². The number of sulfonamides is 1. The molecule has 0 fully saturated rings. The van der Waals surface area contributed by atoms with Crippen LogP contribution in [-0.4, -0.2) is 26.8 Å². The molecule has 0 aliphatic rings. The second kappa shape index (κ2) is 10.3. The highest BCUT2D eigenvalue weighted by Gasteiger charge is 2.32. The van der Waals surface area contributed by atoms with Crippen molar-refractivity contribution in [2.24, 2.45) is 5.10 Å². The first kappa shape index (κ1) is 25.3. The van der Waals surface area contributed by atoms with Crippen LogP contribution in [0.2, 0.25) is 5.02 Å². The first-order chi connectivity index (χ1) is 16.0. The molecule has 0 bridgehead atoms. The van der Waals surface area contributed by atoms with Crippen LogP contribution in [-0.2, 0) is 22.7 Å². The van der Waals surface area contributed by atoms with Crippen molar-refractivity contribution in [1.29, 1.82) is 0 Å². The maximum Gasteiger partial charge on any atom is 0.417 e. The Morgan fingerprint density at radius 1 is 1.03 bits per heavy atom. The second-order valence-electron chi connectivity index (χ2n) is 7.19. The minimum atomic E-state index is -4.56. The molecular formula is C23H19ClF3N3O3S. The van der Waals surface area contributed by atoms with Crippen LogP contribution in [0.4, 0.5) is 18.9 Å². The average molecular weight is 510 g/mol. The van der Waals surface area contributed by atoms with Gasteiger partial charge in [0.1, 0.15) is 0 Å². The van der Waals surface area contributed by atoms with Crippen molar-refractivity contribution in [3.8, 4) is 0 Å². The Morgan fingerprint density at radius 2 is 1.65 bits per heavy atom. The van der Waals surface area contributed by atoms with Gasteiger partial charge in [-0.1, -0.05) is 48.0 Å². The molecular weight excluding hydrogens is 491 g/mol. The number of hydrogen-bond acceptors (Lipinski definition) is 4. The van der Waals surface area contributed by atoms with E-state index < -0.39 is 27.7 Å². The highest BCUT2D eigenvalue weighted by Crippen LogP contribution is 2.31. The van der Waals surface area contributed by atoms with Crippen molar-refractivity contribution in [3.05, 3.63) is 100 Å². The minimum Gasteiger partial charge on any atom is -0.267 e. The number of anilines is 1. The van der Waals surface area contributed by atoms with E-state index in [2.05, 4.69) is 10.5 Å². The third-order valence-electron chi connectivity index (χ3n) is 4.73. The average Bonchev–Trinajstić information content (AvgIpc) is 2.77. The molecule has 6 nitrogen and oxygen atoms in total. The van der Waals surface area contributed by atoms with E-state index in [4.69, 9.17) is 11.6 Å². The van der Waals surface area contributed by atoms with Crippen molar-refractivity contribution < 1.29 is 26.4 Å². The molecule has 0 aliphatic heterocycles. The smallest absolute Gasteiger partial charge is 0.267 e. The minimum absolute atomic E-state index is 0.00699. The summed E-state index contributed by atoms with van der Waals surface area (Å²) in [5, 5.41) is 4.02. The van der Waals surface area contributed by atoms with Crippen LogP contribution in [0, 0.1) is 0 Å². The van der Waals surface area contributed by atoms with Gasteiger partial charge in [0.2, 0.25) is 10.0 Å². The largest absolute Gasteiger partial charge is 0.417 e. The van der Waals surface area contributed by atoms with Gasteiger partial charge in [-0.05, 0) is 42.0 Å². The van der Waals surface area contributed by atoms with Crippen molar-refractivity contribution >= 4 is 39.4 Å². The van der Waals surface area contributed by atoms with Crippen LogP contribution in [0.5, 0.6) is 0 Å². The van der Waals surface area contributed by atoms with Gasteiger partial charge in [0.25, 0.3) is 5.91 Å². The molecule has 3 rings (SSSR count). The number of carbonyl (C=O) groups is 1. The van der Waals surface area contributed by atoms with Gasteiger partial charge in [-0.2, -0.15) is 18.3 Å². The summed E-state index contributed by atoms with van der Waals surface area (Å²) >= 11 is 6.15. The molecule has 0 aromatic heterocycles. The molecule has 1 amide bonds. The van der Waals surface area contributed by atoms with Crippen molar-refractivity contribution in [2.75, 3.05) is 10.6 Å². The molecule has 0 saturated carbocycles. The lowest BCUT2D eigenvalue weighted by molar-refractivity contribution is -0.137. The zero-order valence-electron chi connectivity index (χ0n) is 17.8. The molecule has 3 aromatic rings. The van der Waals surface area contributed by atoms with Gasteiger partial charge in [-0.25, -0.2) is 13.8 Å². The zero-order chi connectivity index (χ0) is 24.9. The fourth-order valence-electron chi connectivity index (χ4n) is 3.05. The standard InChI is InChI=1S/C23H19ClF3N3O3S/c1-34(32,33)30(15-18-7-3-5-9-21(18)24)19-12-10-16(11-13-19)22(31)29-28-14-17-6-2-4-8-20(17)23(25,26)27/h2-14H,15H2,1H3,(H,29,31).